The van der Waals surface area contributed by atoms with Gasteiger partial charge in [0.05, 0.1) is 5.76 Å². The largest absolute Gasteiger partial charge is 0.512 e. The van der Waals surface area contributed by atoms with Crippen LogP contribution in [0.25, 0.3) is 0 Å². The lowest BCUT2D eigenvalue weighted by atomic mass is 9.72. The van der Waals surface area contributed by atoms with Crippen molar-refractivity contribution >= 4 is 0 Å². The second kappa shape index (κ2) is 3.70. The molecule has 0 amide bonds. The Labute approximate surface area is 93.9 Å². The first-order valence-electron chi connectivity index (χ1n) is 5.72. The maximum atomic E-state index is 9.80. The highest BCUT2D eigenvalue weighted by molar-refractivity contribution is 5.31. The third-order valence-electron chi connectivity index (χ3n) is 3.11. The number of hydrogen-bond donors (Lipinski definition) is 1. The molecule has 0 heterocycles. The first-order chi connectivity index (χ1) is 6.60. The van der Waals surface area contributed by atoms with Crippen LogP contribution in [0.15, 0.2) is 23.5 Å². The van der Waals surface area contributed by atoms with E-state index in [-0.39, 0.29) is 10.8 Å². The molecule has 0 saturated heterocycles. The molecule has 1 nitrogen and oxygen atoms in total. The van der Waals surface area contributed by atoms with Crippen molar-refractivity contribution in [3.63, 3.8) is 0 Å². The summed E-state index contributed by atoms with van der Waals surface area (Å²) in [6.45, 7) is 13.3. The number of allylic oxidation sites excluding steroid dienone is 4. The molecule has 1 aliphatic rings. The van der Waals surface area contributed by atoms with Gasteiger partial charge in [0.25, 0.3) is 0 Å². The van der Waals surface area contributed by atoms with Gasteiger partial charge in [-0.25, -0.2) is 0 Å². The second-order valence-corrected chi connectivity index (χ2v) is 6.68. The molecule has 15 heavy (non-hydrogen) atoms. The first-order valence-corrected chi connectivity index (χ1v) is 5.72. The molecule has 0 aromatic heterocycles. The molecule has 1 heteroatoms. The van der Waals surface area contributed by atoms with E-state index in [1.54, 1.807) is 0 Å². The highest BCUT2D eigenvalue weighted by Crippen LogP contribution is 2.39. The summed E-state index contributed by atoms with van der Waals surface area (Å²) in [6.07, 6.45) is 5.05. The molecule has 1 aliphatic carbocycles. The van der Waals surface area contributed by atoms with Crippen molar-refractivity contribution in [2.24, 2.45) is 16.7 Å². The minimum atomic E-state index is 0.123. The molecule has 1 rings (SSSR count). The van der Waals surface area contributed by atoms with Crippen molar-refractivity contribution in [3.05, 3.63) is 23.5 Å². The van der Waals surface area contributed by atoms with Gasteiger partial charge in [0.2, 0.25) is 0 Å². The van der Waals surface area contributed by atoms with Gasteiger partial charge in [0.15, 0.2) is 0 Å². The fraction of sp³-hybridized carbons (Fsp3) is 0.714. The average Bonchev–Trinajstić information content (AvgIpc) is 1.99. The van der Waals surface area contributed by atoms with Crippen LogP contribution in [0.1, 0.15) is 48.0 Å². The van der Waals surface area contributed by atoms with E-state index in [1.165, 1.54) is 5.57 Å². The van der Waals surface area contributed by atoms with E-state index in [0.29, 0.717) is 11.7 Å². The molecule has 0 aromatic rings. The zero-order valence-corrected chi connectivity index (χ0v) is 10.9. The lowest BCUT2D eigenvalue weighted by Gasteiger charge is -2.34. The molecule has 0 aliphatic heterocycles. The van der Waals surface area contributed by atoms with E-state index in [1.807, 2.05) is 6.08 Å². The first kappa shape index (κ1) is 12.4. The van der Waals surface area contributed by atoms with Gasteiger partial charge in [0, 0.05) is 6.42 Å². The molecule has 0 saturated carbocycles. The van der Waals surface area contributed by atoms with Crippen LogP contribution in [-0.4, -0.2) is 5.11 Å². The van der Waals surface area contributed by atoms with E-state index in [4.69, 9.17) is 0 Å². The SMILES string of the molecule is CC(C)(C)C1=CC(C(C)(C)C)CC(O)=C1. The van der Waals surface area contributed by atoms with Gasteiger partial charge in [0.1, 0.15) is 0 Å². The third kappa shape index (κ3) is 3.12. The van der Waals surface area contributed by atoms with Crippen LogP contribution >= 0.6 is 0 Å². The van der Waals surface area contributed by atoms with Crippen LogP contribution in [0.5, 0.6) is 0 Å². The summed E-state index contributed by atoms with van der Waals surface area (Å²) in [5, 5.41) is 9.80. The van der Waals surface area contributed by atoms with Gasteiger partial charge in [-0.05, 0) is 28.4 Å². The van der Waals surface area contributed by atoms with Crippen molar-refractivity contribution in [2.75, 3.05) is 0 Å². The molecule has 1 atom stereocenters. The van der Waals surface area contributed by atoms with Crippen molar-refractivity contribution in [1.82, 2.24) is 0 Å². The van der Waals surface area contributed by atoms with E-state index in [9.17, 15) is 5.11 Å². The standard InChI is InChI=1S/C14H24O/c1-13(2,3)10-7-11(14(4,5)6)9-12(15)8-10/h7-8,11,15H,9H2,1-6H3. The smallest absolute Gasteiger partial charge is 0.0931 e. The molecule has 0 spiro atoms. The van der Waals surface area contributed by atoms with Gasteiger partial charge in [-0.3, -0.25) is 0 Å². The Balaban J connectivity index is 3.02. The zero-order chi connectivity index (χ0) is 11.9. The molecule has 0 bridgehead atoms. The summed E-state index contributed by atoms with van der Waals surface area (Å²) in [5.74, 6) is 0.971. The minimum Gasteiger partial charge on any atom is -0.512 e. The van der Waals surface area contributed by atoms with Crippen molar-refractivity contribution in [1.29, 1.82) is 0 Å². The third-order valence-corrected chi connectivity index (χ3v) is 3.11. The quantitative estimate of drug-likeness (QED) is 0.623. The highest BCUT2D eigenvalue weighted by atomic mass is 16.3. The van der Waals surface area contributed by atoms with E-state index < -0.39 is 0 Å². The number of aliphatic hydroxyl groups excluding tert-OH is 1. The predicted octanol–water partition coefficient (Wildman–Crippen LogP) is 4.47. The Morgan fingerprint density at radius 3 is 2.07 bits per heavy atom. The van der Waals surface area contributed by atoms with Crippen LogP contribution in [0.2, 0.25) is 0 Å². The maximum absolute atomic E-state index is 9.80. The van der Waals surface area contributed by atoms with Crippen molar-refractivity contribution in [3.8, 4) is 0 Å². The van der Waals surface area contributed by atoms with Crippen LogP contribution in [0.3, 0.4) is 0 Å². The summed E-state index contributed by atoms with van der Waals surface area (Å²) in [6, 6.07) is 0. The van der Waals surface area contributed by atoms with Gasteiger partial charge >= 0.3 is 0 Å². The number of hydrogen-bond acceptors (Lipinski definition) is 1. The molecule has 0 radical (unpaired) electrons. The zero-order valence-electron chi connectivity index (χ0n) is 10.9. The Morgan fingerprint density at radius 2 is 1.67 bits per heavy atom. The number of aliphatic hydroxyl groups is 1. The summed E-state index contributed by atoms with van der Waals surface area (Å²) >= 11 is 0. The van der Waals surface area contributed by atoms with Gasteiger partial charge < -0.3 is 5.11 Å². The summed E-state index contributed by atoms with van der Waals surface area (Å²) in [5.41, 5.74) is 1.60. The lowest BCUT2D eigenvalue weighted by Crippen LogP contribution is -2.24. The molecule has 0 fully saturated rings. The van der Waals surface area contributed by atoms with Crippen molar-refractivity contribution < 1.29 is 5.11 Å². The Kier molecular flexibility index (Phi) is 3.04. The van der Waals surface area contributed by atoms with E-state index in [2.05, 4.69) is 47.6 Å². The Hall–Kier alpha value is -0.720. The molecule has 86 valence electrons. The van der Waals surface area contributed by atoms with Crippen molar-refractivity contribution in [2.45, 2.75) is 48.0 Å². The lowest BCUT2D eigenvalue weighted by molar-refractivity contribution is 0.247. The monoisotopic (exact) mass is 208 g/mol. The van der Waals surface area contributed by atoms with Crippen LogP contribution < -0.4 is 0 Å². The van der Waals surface area contributed by atoms with E-state index >= 15 is 0 Å². The van der Waals surface area contributed by atoms with Gasteiger partial charge in [-0.15, -0.1) is 0 Å². The molecular weight excluding hydrogens is 184 g/mol. The minimum absolute atomic E-state index is 0.123. The summed E-state index contributed by atoms with van der Waals surface area (Å²) < 4.78 is 0. The second-order valence-electron chi connectivity index (χ2n) is 6.68. The average molecular weight is 208 g/mol. The molecule has 1 unspecified atom stereocenters. The predicted molar refractivity (Wildman–Crippen MR) is 65.8 cm³/mol. The van der Waals surface area contributed by atoms with Gasteiger partial charge in [-0.2, -0.15) is 0 Å². The van der Waals surface area contributed by atoms with E-state index in [0.717, 1.165) is 6.42 Å². The topological polar surface area (TPSA) is 20.2 Å². The molecule has 1 N–H and O–H groups in total. The van der Waals surface area contributed by atoms with Gasteiger partial charge in [-0.1, -0.05) is 47.6 Å². The fourth-order valence-electron chi connectivity index (χ4n) is 1.81. The number of rotatable bonds is 0. The van der Waals surface area contributed by atoms with Crippen LogP contribution in [-0.2, 0) is 0 Å². The van der Waals surface area contributed by atoms with Crippen LogP contribution in [0.4, 0.5) is 0 Å². The molecular formula is C14H24O. The fourth-order valence-corrected chi connectivity index (χ4v) is 1.81. The summed E-state index contributed by atoms with van der Waals surface area (Å²) in [4.78, 5) is 0. The normalized spacial score (nSPS) is 23.5. The Bertz CT molecular complexity index is 294. The Morgan fingerprint density at radius 1 is 1.13 bits per heavy atom. The highest BCUT2D eigenvalue weighted by Gasteiger charge is 2.29. The van der Waals surface area contributed by atoms with Crippen LogP contribution in [0, 0.1) is 16.7 Å². The maximum Gasteiger partial charge on any atom is 0.0931 e. The summed E-state index contributed by atoms with van der Waals surface area (Å²) in [7, 11) is 0. The molecule has 0 aromatic carbocycles.